The van der Waals surface area contributed by atoms with Crippen molar-refractivity contribution in [1.82, 2.24) is 0 Å². The lowest BCUT2D eigenvalue weighted by Crippen LogP contribution is -2.26. The molecule has 2 aliphatic rings. The Kier molecular flexibility index (Phi) is 5.46. The molecular formula is C23H30O2. The minimum atomic E-state index is -0.160. The van der Waals surface area contributed by atoms with E-state index in [1.807, 2.05) is 37.3 Å². The Morgan fingerprint density at radius 2 is 2.08 bits per heavy atom. The number of fused-ring (bicyclic) bond motifs is 2. The van der Waals surface area contributed by atoms with E-state index in [-0.39, 0.29) is 5.97 Å². The number of benzene rings is 1. The summed E-state index contributed by atoms with van der Waals surface area (Å²) in [4.78, 5) is 11.9. The Morgan fingerprint density at radius 1 is 1.32 bits per heavy atom. The second-order valence-corrected chi connectivity index (χ2v) is 8.06. The number of rotatable bonds is 7. The van der Waals surface area contributed by atoms with Gasteiger partial charge < -0.3 is 4.74 Å². The number of ether oxygens (including phenoxy) is 1. The number of hydrogen-bond acceptors (Lipinski definition) is 2. The second kappa shape index (κ2) is 7.59. The molecule has 3 unspecified atom stereocenters. The summed E-state index contributed by atoms with van der Waals surface area (Å²) in [5.41, 5.74) is 3.95. The van der Waals surface area contributed by atoms with Gasteiger partial charge in [0, 0.05) is 0 Å². The van der Waals surface area contributed by atoms with E-state index in [1.165, 1.54) is 31.3 Å². The third kappa shape index (κ3) is 4.05. The summed E-state index contributed by atoms with van der Waals surface area (Å²) in [6, 6.07) is 9.74. The van der Waals surface area contributed by atoms with Gasteiger partial charge in [-0.3, -0.25) is 4.79 Å². The van der Waals surface area contributed by atoms with Crippen LogP contribution in [0.25, 0.3) is 0 Å². The fraction of sp³-hybridized carbons (Fsp3) is 0.522. The van der Waals surface area contributed by atoms with Crippen molar-refractivity contribution in [1.29, 1.82) is 0 Å². The molecule has 0 N–H and O–H groups in total. The Bertz CT molecular complexity index is 658. The number of carbonyl (C=O) groups is 1. The van der Waals surface area contributed by atoms with E-state index < -0.39 is 0 Å². The predicted octanol–water partition coefficient (Wildman–Crippen LogP) is 5.49. The quantitative estimate of drug-likeness (QED) is 0.485. The third-order valence-electron chi connectivity index (χ3n) is 6.37. The van der Waals surface area contributed by atoms with E-state index in [2.05, 4.69) is 19.6 Å². The highest BCUT2D eigenvalue weighted by atomic mass is 16.5. The van der Waals surface area contributed by atoms with Crippen molar-refractivity contribution in [3.8, 4) is 0 Å². The van der Waals surface area contributed by atoms with Gasteiger partial charge in [-0.1, -0.05) is 55.5 Å². The van der Waals surface area contributed by atoms with Gasteiger partial charge in [-0.25, -0.2) is 0 Å². The molecule has 0 amide bonds. The fourth-order valence-electron chi connectivity index (χ4n) is 4.66. The molecule has 0 spiro atoms. The summed E-state index contributed by atoms with van der Waals surface area (Å²) < 4.78 is 5.40. The first-order valence-electron chi connectivity index (χ1n) is 9.53. The lowest BCUT2D eigenvalue weighted by Gasteiger charge is -2.36. The molecule has 0 radical (unpaired) electrons. The van der Waals surface area contributed by atoms with Crippen molar-refractivity contribution in [2.24, 2.45) is 17.3 Å². The minimum Gasteiger partial charge on any atom is -0.461 e. The Hall–Kier alpha value is -1.83. The normalized spacial score (nSPS) is 28.4. The first-order valence-corrected chi connectivity index (χ1v) is 9.53. The van der Waals surface area contributed by atoms with Crippen LogP contribution >= 0.6 is 0 Å². The van der Waals surface area contributed by atoms with Crippen LogP contribution in [0, 0.1) is 17.3 Å². The Labute approximate surface area is 152 Å². The molecule has 0 aliphatic heterocycles. The summed E-state index contributed by atoms with van der Waals surface area (Å²) in [5, 5.41) is 0. The van der Waals surface area contributed by atoms with E-state index in [1.54, 1.807) is 0 Å². The van der Waals surface area contributed by atoms with Crippen molar-refractivity contribution >= 4 is 5.97 Å². The summed E-state index contributed by atoms with van der Waals surface area (Å²) >= 11 is 0. The zero-order valence-corrected chi connectivity index (χ0v) is 15.6. The summed E-state index contributed by atoms with van der Waals surface area (Å²) in [6.45, 7) is 9.25. The Balaban J connectivity index is 1.42. The molecular weight excluding hydrogens is 308 g/mol. The summed E-state index contributed by atoms with van der Waals surface area (Å²) in [5.74, 6) is 1.45. The number of hydrogen-bond donors (Lipinski definition) is 0. The molecule has 0 aromatic heterocycles. The van der Waals surface area contributed by atoms with Gasteiger partial charge >= 0.3 is 5.97 Å². The van der Waals surface area contributed by atoms with Crippen molar-refractivity contribution in [3.05, 3.63) is 59.7 Å². The van der Waals surface area contributed by atoms with Gasteiger partial charge in [0.25, 0.3) is 0 Å². The first-order chi connectivity index (χ1) is 12.0. The molecule has 25 heavy (non-hydrogen) atoms. The van der Waals surface area contributed by atoms with Crippen LogP contribution in [0.5, 0.6) is 0 Å². The SMILES string of the molecule is C=C1C2CCC(C2)C1(C)CC/C=C(/C)COC(=O)Cc1ccccc1. The average Bonchev–Trinajstić information content (AvgIpc) is 3.17. The van der Waals surface area contributed by atoms with E-state index in [4.69, 9.17) is 4.74 Å². The molecule has 134 valence electrons. The molecule has 1 aromatic rings. The maximum atomic E-state index is 11.9. The molecule has 0 saturated heterocycles. The molecule has 2 aliphatic carbocycles. The molecule has 3 rings (SSSR count). The van der Waals surface area contributed by atoms with Crippen LogP contribution in [0.2, 0.25) is 0 Å². The topological polar surface area (TPSA) is 26.3 Å². The van der Waals surface area contributed by atoms with Gasteiger partial charge in [-0.05, 0) is 67.4 Å². The first kappa shape index (κ1) is 18.0. The van der Waals surface area contributed by atoms with Crippen LogP contribution in [-0.2, 0) is 16.0 Å². The Morgan fingerprint density at radius 3 is 2.76 bits per heavy atom. The van der Waals surface area contributed by atoms with Gasteiger partial charge in [0.1, 0.15) is 6.61 Å². The van der Waals surface area contributed by atoms with Crippen LogP contribution in [0.3, 0.4) is 0 Å². The van der Waals surface area contributed by atoms with E-state index in [0.29, 0.717) is 18.4 Å². The predicted molar refractivity (Wildman–Crippen MR) is 102 cm³/mol. The third-order valence-corrected chi connectivity index (χ3v) is 6.37. The highest BCUT2D eigenvalue weighted by Gasteiger charge is 2.49. The lowest BCUT2D eigenvalue weighted by atomic mass is 9.69. The average molecular weight is 338 g/mol. The van der Waals surface area contributed by atoms with E-state index in [0.717, 1.165) is 29.4 Å². The van der Waals surface area contributed by atoms with Crippen molar-refractivity contribution in [2.45, 2.75) is 52.4 Å². The zero-order chi connectivity index (χ0) is 17.9. The van der Waals surface area contributed by atoms with E-state index >= 15 is 0 Å². The summed E-state index contributed by atoms with van der Waals surface area (Å²) in [6.07, 6.45) is 8.87. The highest BCUT2D eigenvalue weighted by Crippen LogP contribution is 2.60. The molecule has 2 heteroatoms. The van der Waals surface area contributed by atoms with Crippen LogP contribution in [0.1, 0.15) is 51.5 Å². The maximum Gasteiger partial charge on any atom is 0.310 e. The van der Waals surface area contributed by atoms with Crippen molar-refractivity contribution in [2.75, 3.05) is 6.61 Å². The van der Waals surface area contributed by atoms with Gasteiger partial charge in [-0.15, -0.1) is 0 Å². The number of esters is 1. The number of carbonyl (C=O) groups excluding carboxylic acids is 1. The number of allylic oxidation sites excluding steroid dienone is 2. The standard InChI is InChI=1S/C23H30O2/c1-17(16-25-22(24)14-19-9-5-4-6-10-19)8-7-13-23(3)18(2)20-11-12-21(23)15-20/h4-6,8-10,20-21H,2,7,11-16H2,1,3H3/b17-8-. The largest absolute Gasteiger partial charge is 0.461 e. The van der Waals surface area contributed by atoms with Gasteiger partial charge in [-0.2, -0.15) is 0 Å². The zero-order valence-electron chi connectivity index (χ0n) is 15.6. The van der Waals surface area contributed by atoms with Crippen LogP contribution < -0.4 is 0 Å². The molecule has 1 aromatic carbocycles. The maximum absolute atomic E-state index is 11.9. The van der Waals surface area contributed by atoms with Gasteiger partial charge in [0.05, 0.1) is 6.42 Å². The second-order valence-electron chi connectivity index (χ2n) is 8.06. The monoisotopic (exact) mass is 338 g/mol. The molecule has 2 fully saturated rings. The molecule has 3 atom stereocenters. The van der Waals surface area contributed by atoms with Crippen LogP contribution in [-0.4, -0.2) is 12.6 Å². The van der Waals surface area contributed by atoms with Crippen LogP contribution in [0.4, 0.5) is 0 Å². The fourth-order valence-corrected chi connectivity index (χ4v) is 4.66. The van der Waals surface area contributed by atoms with Crippen molar-refractivity contribution in [3.63, 3.8) is 0 Å². The highest BCUT2D eigenvalue weighted by molar-refractivity contribution is 5.72. The summed E-state index contributed by atoms with van der Waals surface area (Å²) in [7, 11) is 0. The van der Waals surface area contributed by atoms with Gasteiger partial charge in [0.2, 0.25) is 0 Å². The molecule has 2 saturated carbocycles. The smallest absolute Gasteiger partial charge is 0.310 e. The lowest BCUT2D eigenvalue weighted by molar-refractivity contribution is -0.141. The van der Waals surface area contributed by atoms with E-state index in [9.17, 15) is 4.79 Å². The minimum absolute atomic E-state index is 0.160. The molecule has 0 heterocycles. The van der Waals surface area contributed by atoms with Crippen LogP contribution in [0.15, 0.2) is 54.1 Å². The molecule has 2 nitrogen and oxygen atoms in total. The van der Waals surface area contributed by atoms with Crippen molar-refractivity contribution < 1.29 is 9.53 Å². The van der Waals surface area contributed by atoms with Gasteiger partial charge in [0.15, 0.2) is 0 Å². The molecule has 2 bridgehead atoms.